The third kappa shape index (κ3) is 4.23. The molecule has 2 aliphatic carbocycles. The molecule has 1 fully saturated rings. The summed E-state index contributed by atoms with van der Waals surface area (Å²) in [5, 5.41) is 6.14. The molecule has 6 rings (SSSR count). The van der Waals surface area contributed by atoms with Crippen LogP contribution in [-0.4, -0.2) is 68.3 Å². The standard InChI is InChI=1S/C25H31N7O3S/c1-25(2,13-27-24(33)35-3)31-22-20-19(6-7-36(20)34)29-23(30-22)32-11-16-8-15(9-17(16)12-32)21-26-10-14-4-5-18(14)28-21/h8,10,16-17H,4-7,9,11-13H2,1-3H3,(H,27,33)(H,29,30,31). The van der Waals surface area contributed by atoms with Crippen molar-refractivity contribution in [2.45, 2.75) is 50.0 Å². The lowest BCUT2D eigenvalue weighted by Crippen LogP contribution is -2.44. The molecule has 2 aliphatic heterocycles. The predicted molar refractivity (Wildman–Crippen MR) is 136 cm³/mol. The van der Waals surface area contributed by atoms with Gasteiger partial charge in [0, 0.05) is 43.7 Å². The highest BCUT2D eigenvalue weighted by Gasteiger charge is 2.39. The number of hydrogen-bond donors (Lipinski definition) is 2. The third-order valence-corrected chi connectivity index (χ3v) is 9.00. The Labute approximate surface area is 212 Å². The number of amides is 1. The van der Waals surface area contributed by atoms with Gasteiger partial charge in [-0.15, -0.1) is 0 Å². The van der Waals surface area contributed by atoms with Crippen molar-refractivity contribution < 1.29 is 13.7 Å². The van der Waals surface area contributed by atoms with Crippen LogP contribution in [0.15, 0.2) is 17.2 Å². The summed E-state index contributed by atoms with van der Waals surface area (Å²) in [7, 11) is 0.198. The zero-order valence-electron chi connectivity index (χ0n) is 20.8. The van der Waals surface area contributed by atoms with E-state index in [1.165, 1.54) is 23.9 Å². The zero-order valence-corrected chi connectivity index (χ0v) is 21.7. The van der Waals surface area contributed by atoms with E-state index in [0.29, 0.717) is 47.2 Å². The minimum absolute atomic E-state index is 0.326. The topological polar surface area (TPSA) is 122 Å². The molecule has 11 heteroatoms. The Morgan fingerprint density at radius 3 is 2.78 bits per heavy atom. The summed E-state index contributed by atoms with van der Waals surface area (Å²) in [4.78, 5) is 33.6. The number of fused-ring (bicyclic) bond motifs is 3. The summed E-state index contributed by atoms with van der Waals surface area (Å²) < 4.78 is 17.5. The van der Waals surface area contributed by atoms with Gasteiger partial charge in [0.2, 0.25) is 5.95 Å². The lowest BCUT2D eigenvalue weighted by atomic mass is 9.95. The zero-order chi connectivity index (χ0) is 25.0. The van der Waals surface area contributed by atoms with Gasteiger partial charge in [-0.2, -0.15) is 4.98 Å². The van der Waals surface area contributed by atoms with Crippen molar-refractivity contribution >= 4 is 34.2 Å². The quantitative estimate of drug-likeness (QED) is 0.603. The van der Waals surface area contributed by atoms with Gasteiger partial charge in [-0.25, -0.2) is 19.7 Å². The number of anilines is 2. The van der Waals surface area contributed by atoms with Crippen molar-refractivity contribution in [3.8, 4) is 0 Å². The van der Waals surface area contributed by atoms with Crippen molar-refractivity contribution in [3.63, 3.8) is 0 Å². The van der Waals surface area contributed by atoms with Crippen LogP contribution in [0.3, 0.4) is 0 Å². The average Bonchev–Trinajstić information content (AvgIpc) is 3.51. The summed E-state index contributed by atoms with van der Waals surface area (Å²) in [5.74, 6) is 3.61. The number of carbonyl (C=O) groups excluding carboxylic acids is 1. The predicted octanol–water partition coefficient (Wildman–Crippen LogP) is 2.12. The largest absolute Gasteiger partial charge is 0.453 e. The Bertz CT molecular complexity index is 1290. The highest BCUT2D eigenvalue weighted by molar-refractivity contribution is 7.85. The van der Waals surface area contributed by atoms with E-state index in [9.17, 15) is 9.00 Å². The van der Waals surface area contributed by atoms with Gasteiger partial charge in [0.1, 0.15) is 10.7 Å². The number of ether oxygens (including phenoxy) is 1. The van der Waals surface area contributed by atoms with Gasteiger partial charge < -0.3 is 20.3 Å². The molecule has 0 saturated carbocycles. The van der Waals surface area contributed by atoms with Crippen LogP contribution >= 0.6 is 0 Å². The molecular weight excluding hydrogens is 478 g/mol. The van der Waals surface area contributed by atoms with E-state index >= 15 is 0 Å². The first-order valence-corrected chi connectivity index (χ1v) is 13.8. The fourth-order valence-corrected chi connectivity index (χ4v) is 6.78. The Balaban J connectivity index is 1.21. The number of alkyl carbamates (subject to hydrolysis) is 1. The Hall–Kier alpha value is -3.08. The van der Waals surface area contributed by atoms with Crippen molar-refractivity contribution in [2.75, 3.05) is 42.7 Å². The maximum atomic E-state index is 12.8. The normalized spacial score (nSPS) is 23.9. The molecule has 0 aromatic carbocycles. The molecule has 0 bridgehead atoms. The molecule has 10 nitrogen and oxygen atoms in total. The molecule has 190 valence electrons. The van der Waals surface area contributed by atoms with Crippen LogP contribution in [0.5, 0.6) is 0 Å². The van der Waals surface area contributed by atoms with Gasteiger partial charge in [0.15, 0.2) is 5.82 Å². The molecule has 2 aromatic heterocycles. The number of methoxy groups -OCH3 is 1. The Kier molecular flexibility index (Phi) is 5.70. The number of rotatable bonds is 6. The molecule has 4 heterocycles. The van der Waals surface area contributed by atoms with E-state index in [2.05, 4.69) is 31.3 Å². The van der Waals surface area contributed by atoms with E-state index in [1.807, 2.05) is 20.0 Å². The number of allylic oxidation sites excluding steroid dienone is 1. The van der Waals surface area contributed by atoms with E-state index in [4.69, 9.17) is 15.0 Å². The first kappa shape index (κ1) is 23.3. The number of nitrogens with zero attached hydrogens (tertiary/aromatic N) is 5. The second-order valence-corrected chi connectivity index (χ2v) is 12.2. The second-order valence-electron chi connectivity index (χ2n) is 10.7. The third-order valence-electron chi connectivity index (χ3n) is 7.54. The van der Waals surface area contributed by atoms with Crippen LogP contribution in [0.2, 0.25) is 0 Å². The maximum Gasteiger partial charge on any atom is 0.406 e. The summed E-state index contributed by atoms with van der Waals surface area (Å²) in [5.41, 5.74) is 4.06. The van der Waals surface area contributed by atoms with Gasteiger partial charge in [0.05, 0.1) is 29.1 Å². The van der Waals surface area contributed by atoms with Crippen LogP contribution in [0.1, 0.15) is 43.0 Å². The van der Waals surface area contributed by atoms with E-state index < -0.39 is 22.4 Å². The van der Waals surface area contributed by atoms with Gasteiger partial charge in [0.25, 0.3) is 0 Å². The van der Waals surface area contributed by atoms with Crippen LogP contribution < -0.4 is 15.5 Å². The van der Waals surface area contributed by atoms with E-state index in [1.54, 1.807) is 0 Å². The van der Waals surface area contributed by atoms with Crippen LogP contribution in [0.25, 0.3) is 5.57 Å². The summed E-state index contributed by atoms with van der Waals surface area (Å²) >= 11 is 0. The number of nitrogens with one attached hydrogen (secondary N) is 2. The minimum atomic E-state index is -1.14. The van der Waals surface area contributed by atoms with Gasteiger partial charge in [-0.3, -0.25) is 4.21 Å². The van der Waals surface area contributed by atoms with Crippen LogP contribution in [-0.2, 0) is 34.8 Å². The van der Waals surface area contributed by atoms with Crippen molar-refractivity contribution in [1.29, 1.82) is 0 Å². The van der Waals surface area contributed by atoms with Crippen molar-refractivity contribution in [3.05, 3.63) is 35.0 Å². The van der Waals surface area contributed by atoms with Crippen molar-refractivity contribution in [2.24, 2.45) is 11.8 Å². The average molecular weight is 510 g/mol. The Morgan fingerprint density at radius 1 is 1.19 bits per heavy atom. The molecule has 2 aromatic rings. The number of aromatic nitrogens is 4. The SMILES string of the molecule is COC(=O)NCC(C)(C)Nc1nc(N2CC3C=C(c4ncc5c(n4)CC5)CC3C2)nc2c1S(=O)CC2. The molecule has 36 heavy (non-hydrogen) atoms. The molecule has 2 N–H and O–H groups in total. The molecule has 1 amide bonds. The first-order valence-electron chi connectivity index (χ1n) is 12.5. The number of hydrogen-bond acceptors (Lipinski definition) is 9. The molecule has 4 aliphatic rings. The highest BCUT2D eigenvalue weighted by Crippen LogP contribution is 2.42. The molecular formula is C25H31N7O3S. The van der Waals surface area contributed by atoms with Gasteiger partial charge in [-0.05, 0) is 56.1 Å². The summed E-state index contributed by atoms with van der Waals surface area (Å²) in [6.07, 6.45) is 7.63. The maximum absolute atomic E-state index is 12.8. The van der Waals surface area contributed by atoms with Gasteiger partial charge >= 0.3 is 6.09 Å². The number of carbonyl (C=O) groups is 1. The summed E-state index contributed by atoms with van der Waals surface area (Å²) in [6, 6.07) is 0. The second kappa shape index (κ2) is 8.79. The summed E-state index contributed by atoms with van der Waals surface area (Å²) in [6.45, 7) is 5.95. The molecule has 3 unspecified atom stereocenters. The fourth-order valence-electron chi connectivity index (χ4n) is 5.48. The lowest BCUT2D eigenvalue weighted by molar-refractivity contribution is 0.169. The monoisotopic (exact) mass is 509 g/mol. The number of aryl methyl sites for hydroxylation is 3. The lowest BCUT2D eigenvalue weighted by Gasteiger charge is -2.28. The fraction of sp³-hybridized carbons (Fsp3) is 0.560. The smallest absolute Gasteiger partial charge is 0.406 e. The van der Waals surface area contributed by atoms with Crippen molar-refractivity contribution in [1.82, 2.24) is 25.3 Å². The van der Waals surface area contributed by atoms with E-state index in [0.717, 1.165) is 43.9 Å². The molecule has 0 radical (unpaired) electrons. The van der Waals surface area contributed by atoms with Crippen LogP contribution in [0, 0.1) is 11.8 Å². The van der Waals surface area contributed by atoms with Crippen LogP contribution in [0.4, 0.5) is 16.6 Å². The first-order chi connectivity index (χ1) is 17.3. The highest BCUT2D eigenvalue weighted by atomic mass is 32.2. The molecule has 3 atom stereocenters. The van der Waals surface area contributed by atoms with E-state index in [-0.39, 0.29) is 0 Å². The molecule has 1 saturated heterocycles. The molecule has 0 spiro atoms. The minimum Gasteiger partial charge on any atom is -0.453 e. The Morgan fingerprint density at radius 2 is 2.06 bits per heavy atom. The van der Waals surface area contributed by atoms with Gasteiger partial charge in [-0.1, -0.05) is 6.08 Å².